The van der Waals surface area contributed by atoms with Crippen molar-refractivity contribution in [3.8, 4) is 5.75 Å². The Hall–Kier alpha value is -3.12. The van der Waals surface area contributed by atoms with E-state index in [1.165, 1.54) is 16.2 Å². The van der Waals surface area contributed by atoms with Crippen molar-refractivity contribution in [1.29, 1.82) is 0 Å². The molecule has 0 bridgehead atoms. The number of aryl methyl sites for hydroxylation is 1. The normalized spacial score (nSPS) is 12.3. The second-order valence-corrected chi connectivity index (χ2v) is 8.26. The smallest absolute Gasteiger partial charge is 0.259 e. The summed E-state index contributed by atoms with van der Waals surface area (Å²) in [5, 5.41) is 6.60. The second-order valence-electron chi connectivity index (χ2n) is 7.16. The fourth-order valence-electron chi connectivity index (χ4n) is 3.72. The summed E-state index contributed by atoms with van der Waals surface area (Å²) < 4.78 is 5.63. The van der Waals surface area contributed by atoms with Crippen LogP contribution in [0, 0.1) is 0 Å². The number of benzene rings is 2. The van der Waals surface area contributed by atoms with Crippen molar-refractivity contribution in [3.63, 3.8) is 0 Å². The van der Waals surface area contributed by atoms with Gasteiger partial charge in [-0.05, 0) is 49.4 Å². The molecular weight excluding hydrogens is 396 g/mol. The lowest BCUT2D eigenvalue weighted by atomic mass is 10.1. The lowest BCUT2D eigenvalue weighted by molar-refractivity contribution is -0.115. The van der Waals surface area contributed by atoms with Crippen LogP contribution in [0.4, 0.5) is 10.7 Å². The van der Waals surface area contributed by atoms with Gasteiger partial charge >= 0.3 is 0 Å². The molecule has 0 saturated carbocycles. The molecule has 1 aliphatic carbocycles. The maximum Gasteiger partial charge on any atom is 0.259 e. The van der Waals surface area contributed by atoms with Gasteiger partial charge in [-0.15, -0.1) is 11.3 Å². The Balaban J connectivity index is 1.57. The van der Waals surface area contributed by atoms with Gasteiger partial charge in [0.05, 0.1) is 24.3 Å². The predicted octanol–water partition coefficient (Wildman–Crippen LogP) is 5.07. The SMILES string of the molecule is CCOc1ccccc1NC(=O)c1c(NC(=O)Cc2ccccc2)sc2c1CCC2. The first-order chi connectivity index (χ1) is 14.7. The molecule has 1 aliphatic rings. The summed E-state index contributed by atoms with van der Waals surface area (Å²) in [4.78, 5) is 27.1. The number of hydrogen-bond donors (Lipinski definition) is 2. The molecule has 6 heteroatoms. The molecule has 3 aromatic rings. The van der Waals surface area contributed by atoms with Crippen molar-refractivity contribution in [2.75, 3.05) is 17.2 Å². The summed E-state index contributed by atoms with van der Waals surface area (Å²) in [7, 11) is 0. The molecule has 0 spiro atoms. The molecule has 0 unspecified atom stereocenters. The van der Waals surface area contributed by atoms with Gasteiger partial charge in [-0.3, -0.25) is 9.59 Å². The predicted molar refractivity (Wildman–Crippen MR) is 121 cm³/mol. The third-order valence-corrected chi connectivity index (χ3v) is 6.25. The molecule has 0 saturated heterocycles. The number of fused-ring (bicyclic) bond motifs is 1. The van der Waals surface area contributed by atoms with Gasteiger partial charge in [0.15, 0.2) is 0 Å². The average molecular weight is 421 g/mol. The van der Waals surface area contributed by atoms with E-state index in [9.17, 15) is 9.59 Å². The number of para-hydroxylation sites is 2. The Labute approximate surface area is 180 Å². The van der Waals surface area contributed by atoms with Gasteiger partial charge in [0.25, 0.3) is 5.91 Å². The van der Waals surface area contributed by atoms with E-state index in [4.69, 9.17) is 4.74 Å². The number of hydrogen-bond acceptors (Lipinski definition) is 4. The monoisotopic (exact) mass is 420 g/mol. The van der Waals surface area contributed by atoms with Crippen molar-refractivity contribution in [3.05, 3.63) is 76.2 Å². The van der Waals surface area contributed by atoms with Gasteiger partial charge in [0.1, 0.15) is 10.8 Å². The fraction of sp³-hybridized carbons (Fsp3) is 0.250. The van der Waals surface area contributed by atoms with Crippen LogP contribution in [0.25, 0.3) is 0 Å². The lowest BCUT2D eigenvalue weighted by Crippen LogP contribution is -2.19. The standard InChI is InChI=1S/C24H24N2O3S/c1-2-29-19-13-7-6-12-18(19)25-23(28)22-17-11-8-14-20(17)30-24(22)26-21(27)15-16-9-4-3-5-10-16/h3-7,9-10,12-13H,2,8,11,14-15H2,1H3,(H,25,28)(H,26,27). The molecule has 30 heavy (non-hydrogen) atoms. The molecule has 0 aliphatic heterocycles. The van der Waals surface area contributed by atoms with E-state index in [1.54, 1.807) is 0 Å². The van der Waals surface area contributed by atoms with Crippen LogP contribution in [0.2, 0.25) is 0 Å². The first-order valence-electron chi connectivity index (χ1n) is 10.2. The Morgan fingerprint density at radius 2 is 1.77 bits per heavy atom. The minimum Gasteiger partial charge on any atom is -0.492 e. The van der Waals surface area contributed by atoms with Crippen LogP contribution in [0.15, 0.2) is 54.6 Å². The third kappa shape index (κ3) is 4.39. The first kappa shape index (κ1) is 20.2. The minimum atomic E-state index is -0.212. The van der Waals surface area contributed by atoms with Crippen LogP contribution in [0.3, 0.4) is 0 Å². The highest BCUT2D eigenvalue weighted by molar-refractivity contribution is 7.17. The molecule has 2 amide bonds. The third-order valence-electron chi connectivity index (χ3n) is 5.04. The van der Waals surface area contributed by atoms with E-state index < -0.39 is 0 Å². The molecule has 1 aromatic heterocycles. The van der Waals surface area contributed by atoms with Crippen LogP contribution in [0.1, 0.15) is 39.7 Å². The largest absolute Gasteiger partial charge is 0.492 e. The van der Waals surface area contributed by atoms with Gasteiger partial charge < -0.3 is 15.4 Å². The fourth-order valence-corrected chi connectivity index (χ4v) is 5.02. The van der Waals surface area contributed by atoms with E-state index in [0.717, 1.165) is 30.4 Å². The highest BCUT2D eigenvalue weighted by Gasteiger charge is 2.28. The number of carbonyl (C=O) groups is 2. The van der Waals surface area contributed by atoms with Crippen molar-refractivity contribution in [1.82, 2.24) is 0 Å². The Bertz CT molecular complexity index is 1060. The molecule has 2 N–H and O–H groups in total. The van der Waals surface area contributed by atoms with Crippen molar-refractivity contribution < 1.29 is 14.3 Å². The van der Waals surface area contributed by atoms with Crippen LogP contribution in [0.5, 0.6) is 5.75 Å². The van der Waals surface area contributed by atoms with Crippen molar-refractivity contribution in [2.45, 2.75) is 32.6 Å². The average Bonchev–Trinajstić information content (AvgIpc) is 3.31. The van der Waals surface area contributed by atoms with Crippen LogP contribution >= 0.6 is 11.3 Å². The second kappa shape index (κ2) is 9.13. The molecule has 1 heterocycles. The molecule has 0 fully saturated rings. The van der Waals surface area contributed by atoms with Gasteiger partial charge in [0, 0.05) is 4.88 Å². The summed E-state index contributed by atoms with van der Waals surface area (Å²) in [6.45, 7) is 2.42. The van der Waals surface area contributed by atoms with E-state index in [1.807, 2.05) is 61.5 Å². The Morgan fingerprint density at radius 3 is 2.57 bits per heavy atom. The summed E-state index contributed by atoms with van der Waals surface area (Å²) >= 11 is 1.52. The van der Waals surface area contributed by atoms with Crippen molar-refractivity contribution >= 4 is 33.8 Å². The number of nitrogens with one attached hydrogen (secondary N) is 2. The van der Waals surface area contributed by atoms with E-state index >= 15 is 0 Å². The zero-order valence-electron chi connectivity index (χ0n) is 16.9. The number of ether oxygens (including phenoxy) is 1. The molecule has 0 atom stereocenters. The quantitative estimate of drug-likeness (QED) is 0.561. The number of amides is 2. The zero-order valence-corrected chi connectivity index (χ0v) is 17.7. The van der Waals surface area contributed by atoms with E-state index in [0.29, 0.717) is 28.6 Å². The van der Waals surface area contributed by atoms with Crippen LogP contribution in [-0.4, -0.2) is 18.4 Å². The van der Waals surface area contributed by atoms with Gasteiger partial charge in [-0.25, -0.2) is 0 Å². The van der Waals surface area contributed by atoms with E-state index in [-0.39, 0.29) is 18.2 Å². The van der Waals surface area contributed by atoms with Crippen LogP contribution in [-0.2, 0) is 24.1 Å². The molecule has 4 rings (SSSR count). The summed E-state index contributed by atoms with van der Waals surface area (Å²) in [6.07, 6.45) is 3.12. The number of anilines is 2. The number of thiophene rings is 1. The van der Waals surface area contributed by atoms with Crippen LogP contribution < -0.4 is 15.4 Å². The zero-order chi connectivity index (χ0) is 20.9. The van der Waals surface area contributed by atoms with Crippen molar-refractivity contribution in [2.24, 2.45) is 0 Å². The highest BCUT2D eigenvalue weighted by Crippen LogP contribution is 2.40. The maximum atomic E-state index is 13.2. The summed E-state index contributed by atoms with van der Waals surface area (Å²) in [6, 6.07) is 17.0. The number of rotatable bonds is 7. The number of carbonyl (C=O) groups excluding carboxylic acids is 2. The maximum absolute atomic E-state index is 13.2. The first-order valence-corrected chi connectivity index (χ1v) is 11.0. The molecule has 0 radical (unpaired) electrons. The summed E-state index contributed by atoms with van der Waals surface area (Å²) in [5.41, 5.74) is 3.21. The minimum absolute atomic E-state index is 0.120. The topological polar surface area (TPSA) is 67.4 Å². The molecular formula is C24H24N2O3S. The van der Waals surface area contributed by atoms with E-state index in [2.05, 4.69) is 10.6 Å². The van der Waals surface area contributed by atoms with Gasteiger partial charge in [0.2, 0.25) is 5.91 Å². The Morgan fingerprint density at radius 1 is 1.00 bits per heavy atom. The molecule has 5 nitrogen and oxygen atoms in total. The lowest BCUT2D eigenvalue weighted by Gasteiger charge is -2.13. The van der Waals surface area contributed by atoms with Gasteiger partial charge in [-0.2, -0.15) is 0 Å². The molecule has 2 aromatic carbocycles. The molecule has 154 valence electrons. The Kier molecular flexibility index (Phi) is 6.14. The summed E-state index contributed by atoms with van der Waals surface area (Å²) in [5.74, 6) is 0.302. The van der Waals surface area contributed by atoms with Gasteiger partial charge in [-0.1, -0.05) is 42.5 Å². The highest BCUT2D eigenvalue weighted by atomic mass is 32.1.